The van der Waals surface area contributed by atoms with Crippen molar-refractivity contribution in [2.75, 3.05) is 16.2 Å². The molecule has 32 heavy (non-hydrogen) atoms. The highest BCUT2D eigenvalue weighted by atomic mass is 35.5. The van der Waals surface area contributed by atoms with Gasteiger partial charge in [-0.1, -0.05) is 41.9 Å². The van der Waals surface area contributed by atoms with E-state index in [1.807, 2.05) is 5.32 Å². The second kappa shape index (κ2) is 9.17. The van der Waals surface area contributed by atoms with E-state index in [-0.39, 0.29) is 9.92 Å². The Labute approximate surface area is 186 Å². The molecule has 0 aliphatic carbocycles. The van der Waals surface area contributed by atoms with E-state index in [0.29, 0.717) is 10.4 Å². The zero-order valence-electron chi connectivity index (χ0n) is 16.1. The van der Waals surface area contributed by atoms with Gasteiger partial charge in [0, 0.05) is 5.02 Å². The Hall–Kier alpha value is -3.11. The summed E-state index contributed by atoms with van der Waals surface area (Å²) in [4.78, 5) is 12.4. The van der Waals surface area contributed by atoms with Crippen LogP contribution in [0.3, 0.4) is 0 Å². The van der Waals surface area contributed by atoms with Gasteiger partial charge in [-0.15, -0.1) is 0 Å². The van der Waals surface area contributed by atoms with E-state index >= 15 is 0 Å². The van der Waals surface area contributed by atoms with Crippen molar-refractivity contribution in [2.45, 2.75) is 11.1 Å². The Kier molecular flexibility index (Phi) is 6.75. The summed E-state index contributed by atoms with van der Waals surface area (Å²) in [5, 5.41) is 1.84. The van der Waals surface area contributed by atoms with Gasteiger partial charge in [0.25, 0.3) is 10.0 Å². The summed E-state index contributed by atoms with van der Waals surface area (Å²) < 4.78 is 81.1. The van der Waals surface area contributed by atoms with Crippen molar-refractivity contribution in [1.29, 1.82) is 0 Å². The Bertz CT molecular complexity index is 1240. The van der Waals surface area contributed by atoms with Gasteiger partial charge in [-0.3, -0.25) is 9.10 Å². The fraction of sp³-hybridized carbons (Fsp3) is 0.0952. The van der Waals surface area contributed by atoms with E-state index in [2.05, 4.69) is 0 Å². The maximum atomic E-state index is 14.4. The third-order valence-corrected chi connectivity index (χ3v) is 6.31. The topological polar surface area (TPSA) is 66.5 Å². The summed E-state index contributed by atoms with van der Waals surface area (Å²) in [6.07, 6.45) is -4.82. The minimum atomic E-state index is -4.82. The van der Waals surface area contributed by atoms with E-state index in [9.17, 15) is 30.8 Å². The number of alkyl halides is 3. The summed E-state index contributed by atoms with van der Waals surface area (Å²) in [6, 6.07) is 14.5. The quantitative estimate of drug-likeness (QED) is 0.479. The predicted octanol–water partition coefficient (Wildman–Crippen LogP) is 5.33. The highest BCUT2D eigenvalue weighted by molar-refractivity contribution is 7.92. The third-order valence-electron chi connectivity index (χ3n) is 4.30. The molecule has 0 unspecified atom stereocenters. The van der Waals surface area contributed by atoms with Crippen LogP contribution >= 0.6 is 11.6 Å². The molecule has 1 amide bonds. The van der Waals surface area contributed by atoms with Crippen LogP contribution in [-0.4, -0.2) is 20.9 Å². The summed E-state index contributed by atoms with van der Waals surface area (Å²) in [6.45, 7) is -0.974. The molecule has 1 N–H and O–H groups in total. The molecule has 0 atom stereocenters. The number of rotatable bonds is 6. The van der Waals surface area contributed by atoms with Gasteiger partial charge in [0.1, 0.15) is 12.4 Å². The lowest BCUT2D eigenvalue weighted by Crippen LogP contribution is -2.38. The fourth-order valence-corrected chi connectivity index (χ4v) is 4.48. The molecule has 0 aromatic heterocycles. The zero-order valence-corrected chi connectivity index (χ0v) is 17.7. The first kappa shape index (κ1) is 23.6. The molecule has 5 nitrogen and oxygen atoms in total. The highest BCUT2D eigenvalue weighted by Gasteiger charge is 2.35. The van der Waals surface area contributed by atoms with Crippen molar-refractivity contribution in [3.63, 3.8) is 0 Å². The number of nitrogens with one attached hydrogen (secondary N) is 1. The van der Waals surface area contributed by atoms with Gasteiger partial charge in [-0.05, 0) is 42.5 Å². The molecule has 0 saturated heterocycles. The summed E-state index contributed by atoms with van der Waals surface area (Å²) in [7, 11) is -4.42. The zero-order chi connectivity index (χ0) is 23.5. The fourth-order valence-electron chi connectivity index (χ4n) is 2.85. The molecule has 3 rings (SSSR count). The van der Waals surface area contributed by atoms with Crippen molar-refractivity contribution in [2.24, 2.45) is 0 Å². The number of anilines is 2. The van der Waals surface area contributed by atoms with Crippen LogP contribution in [0, 0.1) is 5.82 Å². The molecule has 3 aromatic rings. The molecule has 3 aromatic carbocycles. The molecular formula is C21H15ClF4N2O3S. The molecule has 0 aliphatic rings. The van der Waals surface area contributed by atoms with Gasteiger partial charge in [0.05, 0.1) is 21.8 Å². The van der Waals surface area contributed by atoms with Crippen LogP contribution < -0.4 is 9.62 Å². The maximum absolute atomic E-state index is 14.4. The number of carbonyl (C=O) groups excluding carboxylic acids is 1. The SMILES string of the molecule is O=C(CN(c1ccccc1F)S(=O)(=O)c1ccccc1)Nc1ccc(Cl)cc1C(F)(F)F. The number of carbonyl (C=O) groups is 1. The number of amides is 1. The van der Waals surface area contributed by atoms with Gasteiger partial charge in [-0.2, -0.15) is 13.2 Å². The average Bonchev–Trinajstić information content (AvgIpc) is 2.74. The lowest BCUT2D eigenvalue weighted by atomic mass is 10.1. The van der Waals surface area contributed by atoms with Crippen LogP contribution in [-0.2, 0) is 21.0 Å². The van der Waals surface area contributed by atoms with E-state index in [1.165, 1.54) is 36.4 Å². The van der Waals surface area contributed by atoms with Crippen LogP contribution in [0.2, 0.25) is 5.02 Å². The summed E-state index contributed by atoms with van der Waals surface area (Å²) in [5.74, 6) is -2.04. The number of halogens is 5. The van der Waals surface area contributed by atoms with Crippen molar-refractivity contribution < 1.29 is 30.8 Å². The van der Waals surface area contributed by atoms with Gasteiger partial charge in [0.2, 0.25) is 5.91 Å². The van der Waals surface area contributed by atoms with Gasteiger partial charge < -0.3 is 5.32 Å². The first-order chi connectivity index (χ1) is 15.0. The van der Waals surface area contributed by atoms with Crippen LogP contribution in [0.4, 0.5) is 28.9 Å². The summed E-state index contributed by atoms with van der Waals surface area (Å²) in [5.41, 5.74) is -2.25. The van der Waals surface area contributed by atoms with Gasteiger partial charge >= 0.3 is 6.18 Å². The van der Waals surface area contributed by atoms with Gasteiger partial charge in [0.15, 0.2) is 0 Å². The van der Waals surface area contributed by atoms with Crippen molar-refractivity contribution in [3.8, 4) is 0 Å². The number of sulfonamides is 1. The highest BCUT2D eigenvalue weighted by Crippen LogP contribution is 2.36. The smallest absolute Gasteiger partial charge is 0.324 e. The number of nitrogens with zero attached hydrogens (tertiary/aromatic N) is 1. The molecule has 0 radical (unpaired) electrons. The van der Waals surface area contributed by atoms with E-state index in [1.54, 1.807) is 6.07 Å². The average molecular weight is 487 g/mol. The first-order valence-corrected chi connectivity index (χ1v) is 10.8. The van der Waals surface area contributed by atoms with E-state index < -0.39 is 51.4 Å². The van der Waals surface area contributed by atoms with Gasteiger partial charge in [-0.25, -0.2) is 12.8 Å². The largest absolute Gasteiger partial charge is 0.418 e. The van der Waals surface area contributed by atoms with Crippen LogP contribution in [0.15, 0.2) is 77.7 Å². The minimum Gasteiger partial charge on any atom is -0.324 e. The lowest BCUT2D eigenvalue weighted by Gasteiger charge is -2.24. The first-order valence-electron chi connectivity index (χ1n) is 8.99. The number of para-hydroxylation sites is 1. The monoisotopic (exact) mass is 486 g/mol. The number of hydrogen-bond donors (Lipinski definition) is 1. The molecule has 11 heteroatoms. The minimum absolute atomic E-state index is 0.199. The number of benzene rings is 3. The van der Waals surface area contributed by atoms with Crippen LogP contribution in [0.1, 0.15) is 5.56 Å². The Morgan fingerprint density at radius 2 is 1.59 bits per heavy atom. The van der Waals surface area contributed by atoms with E-state index in [0.717, 1.165) is 24.3 Å². The Balaban J connectivity index is 1.99. The molecule has 0 fully saturated rings. The van der Waals surface area contributed by atoms with Crippen molar-refractivity contribution in [1.82, 2.24) is 0 Å². The Morgan fingerprint density at radius 3 is 2.22 bits per heavy atom. The second-order valence-corrected chi connectivity index (χ2v) is 8.81. The van der Waals surface area contributed by atoms with Crippen molar-refractivity contribution in [3.05, 3.63) is 89.2 Å². The van der Waals surface area contributed by atoms with E-state index in [4.69, 9.17) is 11.6 Å². The molecule has 0 aliphatic heterocycles. The third kappa shape index (κ3) is 5.20. The standard InChI is InChI=1S/C21H15ClF4N2O3S/c22-14-10-11-18(16(12-14)21(24,25)26)27-20(29)13-28(19-9-5-4-8-17(19)23)32(30,31)15-6-2-1-3-7-15/h1-12H,13H2,(H,27,29). The predicted molar refractivity (Wildman–Crippen MR) is 112 cm³/mol. The number of hydrogen-bond acceptors (Lipinski definition) is 3. The Morgan fingerprint density at radius 1 is 0.969 bits per heavy atom. The molecule has 0 saturated carbocycles. The normalized spacial score (nSPS) is 11.8. The molecule has 168 valence electrons. The van der Waals surface area contributed by atoms with Crippen LogP contribution in [0.25, 0.3) is 0 Å². The molecule has 0 heterocycles. The second-order valence-electron chi connectivity index (χ2n) is 6.51. The van der Waals surface area contributed by atoms with Crippen LogP contribution in [0.5, 0.6) is 0 Å². The maximum Gasteiger partial charge on any atom is 0.418 e. The molecular weight excluding hydrogens is 472 g/mol. The summed E-state index contributed by atoms with van der Waals surface area (Å²) >= 11 is 5.63. The lowest BCUT2D eigenvalue weighted by molar-refractivity contribution is -0.137. The molecule has 0 bridgehead atoms. The van der Waals surface area contributed by atoms with Crippen molar-refractivity contribution >= 4 is 38.9 Å². The molecule has 0 spiro atoms.